The van der Waals surface area contributed by atoms with E-state index in [9.17, 15) is 9.59 Å². The van der Waals surface area contributed by atoms with Crippen LogP contribution < -0.4 is 11.3 Å². The number of rotatable bonds is 5. The van der Waals surface area contributed by atoms with Crippen molar-refractivity contribution in [3.8, 4) is 0 Å². The Morgan fingerprint density at radius 1 is 1.28 bits per heavy atom. The molecule has 2 amide bonds. The second-order valence-corrected chi connectivity index (χ2v) is 4.63. The molecular weight excluding hydrogens is 232 g/mol. The van der Waals surface area contributed by atoms with Crippen LogP contribution in [0.4, 0.5) is 0 Å². The van der Waals surface area contributed by atoms with E-state index >= 15 is 0 Å². The monoisotopic (exact) mass is 256 g/mol. The fourth-order valence-corrected chi connectivity index (χ4v) is 2.25. The molecule has 1 aliphatic rings. The predicted molar refractivity (Wildman–Crippen MR) is 69.4 cm³/mol. The number of nitrogens with two attached hydrogens (primary N) is 1. The summed E-state index contributed by atoms with van der Waals surface area (Å²) in [5.74, 6) is 5.10. The van der Waals surface area contributed by atoms with E-state index in [4.69, 9.17) is 5.84 Å². The molecular formula is C12H24N4O2. The molecule has 0 bridgehead atoms. The van der Waals surface area contributed by atoms with Crippen LogP contribution in [-0.4, -0.2) is 54.3 Å². The summed E-state index contributed by atoms with van der Waals surface area (Å²) >= 11 is 0. The highest BCUT2D eigenvalue weighted by molar-refractivity contribution is 5.80. The third kappa shape index (κ3) is 3.96. The van der Waals surface area contributed by atoms with Gasteiger partial charge in [0.2, 0.25) is 11.8 Å². The van der Waals surface area contributed by atoms with E-state index in [0.717, 1.165) is 13.1 Å². The third-order valence-electron chi connectivity index (χ3n) is 3.61. The van der Waals surface area contributed by atoms with E-state index in [2.05, 4.69) is 24.2 Å². The summed E-state index contributed by atoms with van der Waals surface area (Å²) < 4.78 is 0. The number of hydrogen-bond donors (Lipinski definition) is 2. The first-order valence-electron chi connectivity index (χ1n) is 6.62. The second kappa shape index (κ2) is 7.33. The first-order chi connectivity index (χ1) is 8.62. The molecule has 1 rings (SSSR count). The van der Waals surface area contributed by atoms with E-state index in [1.165, 1.54) is 0 Å². The minimum absolute atomic E-state index is 0.0486. The summed E-state index contributed by atoms with van der Waals surface area (Å²) in [5.41, 5.74) is 2.18. The van der Waals surface area contributed by atoms with Crippen molar-refractivity contribution in [1.82, 2.24) is 15.2 Å². The first-order valence-corrected chi connectivity index (χ1v) is 6.62. The number of amides is 2. The van der Waals surface area contributed by atoms with Crippen molar-refractivity contribution >= 4 is 11.8 Å². The molecule has 0 aromatic rings. The molecule has 0 spiro atoms. The molecule has 0 atom stereocenters. The number of carbonyl (C=O) groups excluding carboxylic acids is 2. The summed E-state index contributed by atoms with van der Waals surface area (Å²) in [4.78, 5) is 27.3. The van der Waals surface area contributed by atoms with Gasteiger partial charge in [0.05, 0.1) is 6.54 Å². The molecule has 6 heteroatoms. The van der Waals surface area contributed by atoms with E-state index in [0.29, 0.717) is 32.5 Å². The van der Waals surface area contributed by atoms with Crippen molar-refractivity contribution in [3.05, 3.63) is 0 Å². The van der Waals surface area contributed by atoms with Gasteiger partial charge in [0.1, 0.15) is 0 Å². The first kappa shape index (κ1) is 14.9. The maximum Gasteiger partial charge on any atom is 0.237 e. The smallest absolute Gasteiger partial charge is 0.237 e. The van der Waals surface area contributed by atoms with Gasteiger partial charge in [-0.3, -0.25) is 19.9 Å². The van der Waals surface area contributed by atoms with Crippen molar-refractivity contribution in [2.24, 2.45) is 11.8 Å². The summed E-state index contributed by atoms with van der Waals surface area (Å²) in [6.45, 7) is 7.64. The summed E-state index contributed by atoms with van der Waals surface area (Å²) in [7, 11) is 0. The number of nitrogens with one attached hydrogen (secondary N) is 1. The Balaban J connectivity index is 2.38. The zero-order valence-electron chi connectivity index (χ0n) is 11.3. The van der Waals surface area contributed by atoms with Gasteiger partial charge in [0.25, 0.3) is 0 Å². The van der Waals surface area contributed by atoms with Gasteiger partial charge in [-0.05, 0) is 25.9 Å². The lowest BCUT2D eigenvalue weighted by molar-refractivity contribution is -0.136. The van der Waals surface area contributed by atoms with Crippen molar-refractivity contribution in [2.75, 3.05) is 32.7 Å². The SMILES string of the molecule is CCN(CC)CC(=O)N1CCC(C(=O)NN)CC1. The maximum atomic E-state index is 12.0. The van der Waals surface area contributed by atoms with Crippen LogP contribution in [0.3, 0.4) is 0 Å². The molecule has 0 aliphatic carbocycles. The lowest BCUT2D eigenvalue weighted by Gasteiger charge is -2.32. The third-order valence-corrected chi connectivity index (χ3v) is 3.61. The number of likely N-dealkylation sites (N-methyl/N-ethyl adjacent to an activating group) is 1. The van der Waals surface area contributed by atoms with Gasteiger partial charge in [0.15, 0.2) is 0 Å². The lowest BCUT2D eigenvalue weighted by atomic mass is 9.96. The minimum atomic E-state index is -0.120. The summed E-state index contributed by atoms with van der Waals surface area (Å²) in [5, 5.41) is 0. The fraction of sp³-hybridized carbons (Fsp3) is 0.833. The van der Waals surface area contributed by atoms with Crippen LogP contribution in [0, 0.1) is 5.92 Å². The van der Waals surface area contributed by atoms with Crippen molar-refractivity contribution in [2.45, 2.75) is 26.7 Å². The zero-order valence-corrected chi connectivity index (χ0v) is 11.3. The Kier molecular flexibility index (Phi) is 6.07. The number of hydrogen-bond acceptors (Lipinski definition) is 4. The highest BCUT2D eigenvalue weighted by Gasteiger charge is 2.27. The van der Waals surface area contributed by atoms with E-state index < -0.39 is 0 Å². The summed E-state index contributed by atoms with van der Waals surface area (Å²) in [6.07, 6.45) is 1.40. The average Bonchev–Trinajstić information content (AvgIpc) is 2.43. The largest absolute Gasteiger partial charge is 0.342 e. The van der Waals surface area contributed by atoms with Gasteiger partial charge in [-0.25, -0.2) is 5.84 Å². The molecule has 0 aromatic heterocycles. The van der Waals surface area contributed by atoms with Crippen LogP contribution in [0.2, 0.25) is 0 Å². The van der Waals surface area contributed by atoms with Crippen LogP contribution in [0.25, 0.3) is 0 Å². The standard InChI is InChI=1S/C12H24N4O2/c1-3-15(4-2)9-11(17)16-7-5-10(6-8-16)12(18)14-13/h10H,3-9,13H2,1-2H3,(H,14,18). The second-order valence-electron chi connectivity index (χ2n) is 4.63. The summed E-state index contributed by atoms with van der Waals surface area (Å²) in [6, 6.07) is 0. The molecule has 104 valence electrons. The van der Waals surface area contributed by atoms with E-state index in [1.54, 1.807) is 0 Å². The van der Waals surface area contributed by atoms with Crippen molar-refractivity contribution < 1.29 is 9.59 Å². The van der Waals surface area contributed by atoms with Gasteiger partial charge in [-0.15, -0.1) is 0 Å². The Bertz CT molecular complexity index is 284. The van der Waals surface area contributed by atoms with Crippen LogP contribution in [0.15, 0.2) is 0 Å². The Morgan fingerprint density at radius 2 is 1.83 bits per heavy atom. The number of piperidine rings is 1. The Hall–Kier alpha value is -1.14. The van der Waals surface area contributed by atoms with Crippen LogP contribution in [0.1, 0.15) is 26.7 Å². The number of hydrazine groups is 1. The van der Waals surface area contributed by atoms with E-state index in [-0.39, 0.29) is 17.7 Å². The Morgan fingerprint density at radius 3 is 2.28 bits per heavy atom. The van der Waals surface area contributed by atoms with Gasteiger partial charge < -0.3 is 4.90 Å². The molecule has 1 aliphatic heterocycles. The molecule has 6 nitrogen and oxygen atoms in total. The molecule has 18 heavy (non-hydrogen) atoms. The van der Waals surface area contributed by atoms with Crippen molar-refractivity contribution in [3.63, 3.8) is 0 Å². The van der Waals surface area contributed by atoms with Crippen LogP contribution in [-0.2, 0) is 9.59 Å². The quantitative estimate of drug-likeness (QED) is 0.397. The molecule has 1 saturated heterocycles. The molecule has 0 saturated carbocycles. The number of carbonyl (C=O) groups is 2. The van der Waals surface area contributed by atoms with Crippen LogP contribution in [0.5, 0.6) is 0 Å². The zero-order chi connectivity index (χ0) is 13.5. The van der Waals surface area contributed by atoms with Gasteiger partial charge in [0, 0.05) is 19.0 Å². The molecule has 3 N–H and O–H groups in total. The average molecular weight is 256 g/mol. The van der Waals surface area contributed by atoms with Gasteiger partial charge >= 0.3 is 0 Å². The Labute approximate surface area is 108 Å². The highest BCUT2D eigenvalue weighted by Crippen LogP contribution is 2.17. The molecule has 0 aromatic carbocycles. The topological polar surface area (TPSA) is 78.7 Å². The fourth-order valence-electron chi connectivity index (χ4n) is 2.25. The van der Waals surface area contributed by atoms with Gasteiger partial charge in [-0.2, -0.15) is 0 Å². The highest BCUT2D eigenvalue weighted by atomic mass is 16.2. The van der Waals surface area contributed by atoms with Gasteiger partial charge in [-0.1, -0.05) is 13.8 Å². The van der Waals surface area contributed by atoms with Crippen molar-refractivity contribution in [1.29, 1.82) is 0 Å². The predicted octanol–water partition coefficient (Wildman–Crippen LogP) is -0.443. The minimum Gasteiger partial charge on any atom is -0.342 e. The molecule has 1 fully saturated rings. The molecule has 0 radical (unpaired) electrons. The number of nitrogens with zero attached hydrogens (tertiary/aromatic N) is 2. The lowest BCUT2D eigenvalue weighted by Crippen LogP contribution is -2.47. The molecule has 1 heterocycles. The van der Waals surface area contributed by atoms with E-state index in [1.807, 2.05) is 4.90 Å². The van der Waals surface area contributed by atoms with Crippen LogP contribution >= 0.6 is 0 Å². The maximum absolute atomic E-state index is 12.0. The normalized spacial score (nSPS) is 17.0. The molecule has 0 unspecified atom stereocenters. The number of likely N-dealkylation sites (tertiary alicyclic amines) is 1.